The molecule has 0 bridgehead atoms. The van der Waals surface area contributed by atoms with E-state index >= 15 is 0 Å². The Morgan fingerprint density at radius 3 is 2.38 bits per heavy atom. The maximum atomic E-state index is 13.3. The fourth-order valence-electron chi connectivity index (χ4n) is 1.17. The van der Waals surface area contributed by atoms with Crippen LogP contribution < -0.4 is 11.5 Å². The summed E-state index contributed by atoms with van der Waals surface area (Å²) in [5.41, 5.74) is 12.2. The predicted molar refractivity (Wildman–Crippen MR) is 52.6 cm³/mol. The number of rotatable bonds is 2. The Hall–Kier alpha value is -1.09. The monoisotopic (exact) mass is 182 g/mol. The molecule has 0 saturated carbocycles. The van der Waals surface area contributed by atoms with Crippen molar-refractivity contribution in [2.75, 3.05) is 5.73 Å². The Kier molecular flexibility index (Phi) is 2.88. The number of hydrogen-bond donors (Lipinski definition) is 2. The highest BCUT2D eigenvalue weighted by molar-refractivity contribution is 5.41. The normalized spacial score (nSPS) is 13.3. The highest BCUT2D eigenvalue weighted by Crippen LogP contribution is 2.22. The first-order valence-corrected chi connectivity index (χ1v) is 4.33. The van der Waals surface area contributed by atoms with Gasteiger partial charge >= 0.3 is 0 Å². The van der Waals surface area contributed by atoms with E-state index in [4.69, 9.17) is 11.5 Å². The van der Waals surface area contributed by atoms with Crippen LogP contribution in [0.5, 0.6) is 0 Å². The van der Waals surface area contributed by atoms with Gasteiger partial charge in [0.25, 0.3) is 0 Å². The van der Waals surface area contributed by atoms with Gasteiger partial charge in [-0.1, -0.05) is 19.9 Å². The maximum Gasteiger partial charge on any atom is 0.130 e. The van der Waals surface area contributed by atoms with Gasteiger partial charge in [0.15, 0.2) is 0 Å². The number of benzene rings is 1. The van der Waals surface area contributed by atoms with Gasteiger partial charge in [0.2, 0.25) is 0 Å². The van der Waals surface area contributed by atoms with Crippen molar-refractivity contribution in [3.8, 4) is 0 Å². The zero-order valence-corrected chi connectivity index (χ0v) is 7.92. The van der Waals surface area contributed by atoms with Gasteiger partial charge in [-0.15, -0.1) is 0 Å². The van der Waals surface area contributed by atoms with Gasteiger partial charge in [0.05, 0.1) is 0 Å². The number of hydrogen-bond acceptors (Lipinski definition) is 2. The second-order valence-corrected chi connectivity index (χ2v) is 3.55. The van der Waals surface area contributed by atoms with E-state index in [1.807, 2.05) is 13.8 Å². The summed E-state index contributed by atoms with van der Waals surface area (Å²) in [5.74, 6) is -0.0978. The van der Waals surface area contributed by atoms with Crippen molar-refractivity contribution in [2.24, 2.45) is 11.7 Å². The molecule has 0 aliphatic rings. The number of halogens is 1. The van der Waals surface area contributed by atoms with Crippen LogP contribution in [0.4, 0.5) is 10.1 Å². The fraction of sp³-hybridized carbons (Fsp3) is 0.400. The molecule has 2 nitrogen and oxygen atoms in total. The van der Waals surface area contributed by atoms with Gasteiger partial charge < -0.3 is 11.5 Å². The lowest BCUT2D eigenvalue weighted by molar-refractivity contribution is 0.485. The second-order valence-electron chi connectivity index (χ2n) is 3.55. The first-order chi connectivity index (χ1) is 6.02. The van der Waals surface area contributed by atoms with E-state index in [0.29, 0.717) is 11.3 Å². The van der Waals surface area contributed by atoms with Gasteiger partial charge in [-0.3, -0.25) is 0 Å². The summed E-state index contributed by atoms with van der Waals surface area (Å²) >= 11 is 0. The summed E-state index contributed by atoms with van der Waals surface area (Å²) in [6.07, 6.45) is 0. The van der Waals surface area contributed by atoms with Crippen molar-refractivity contribution >= 4 is 5.69 Å². The molecule has 0 radical (unpaired) electrons. The van der Waals surface area contributed by atoms with Crippen LogP contribution in [0, 0.1) is 11.7 Å². The third-order valence-electron chi connectivity index (χ3n) is 2.10. The molecule has 0 aliphatic heterocycles. The van der Waals surface area contributed by atoms with Crippen LogP contribution in [0.2, 0.25) is 0 Å². The fourth-order valence-corrected chi connectivity index (χ4v) is 1.17. The van der Waals surface area contributed by atoms with Crippen molar-refractivity contribution in [1.29, 1.82) is 0 Å². The largest absolute Gasteiger partial charge is 0.399 e. The Morgan fingerprint density at radius 2 is 1.92 bits per heavy atom. The third kappa shape index (κ3) is 2.18. The molecule has 0 aliphatic carbocycles. The van der Waals surface area contributed by atoms with Crippen LogP contribution in [0.3, 0.4) is 0 Å². The number of anilines is 1. The van der Waals surface area contributed by atoms with Crippen LogP contribution >= 0.6 is 0 Å². The van der Waals surface area contributed by atoms with Crippen molar-refractivity contribution in [1.82, 2.24) is 0 Å². The van der Waals surface area contributed by atoms with Gasteiger partial charge in [0, 0.05) is 17.3 Å². The summed E-state index contributed by atoms with van der Waals surface area (Å²) in [6, 6.07) is 4.36. The lowest BCUT2D eigenvalue weighted by Crippen LogP contribution is -2.18. The van der Waals surface area contributed by atoms with Crippen molar-refractivity contribution in [3.63, 3.8) is 0 Å². The van der Waals surface area contributed by atoms with E-state index in [2.05, 4.69) is 0 Å². The average molecular weight is 182 g/mol. The molecular formula is C10H15FN2. The third-order valence-corrected chi connectivity index (χ3v) is 2.10. The Morgan fingerprint density at radius 1 is 1.31 bits per heavy atom. The summed E-state index contributed by atoms with van der Waals surface area (Å²) in [6.45, 7) is 3.92. The molecule has 1 rings (SSSR count). The molecule has 0 aromatic heterocycles. The number of nitrogen functional groups attached to an aromatic ring is 1. The van der Waals surface area contributed by atoms with Crippen molar-refractivity contribution < 1.29 is 4.39 Å². The molecule has 0 unspecified atom stereocenters. The molecule has 72 valence electrons. The van der Waals surface area contributed by atoms with Gasteiger partial charge in [-0.05, 0) is 18.1 Å². The van der Waals surface area contributed by atoms with Crippen LogP contribution in [0.1, 0.15) is 25.5 Å². The van der Waals surface area contributed by atoms with Crippen molar-refractivity contribution in [2.45, 2.75) is 19.9 Å². The highest BCUT2D eigenvalue weighted by Gasteiger charge is 2.14. The molecule has 0 amide bonds. The molecule has 0 fully saturated rings. The summed E-state index contributed by atoms with van der Waals surface area (Å²) in [7, 11) is 0. The lowest BCUT2D eigenvalue weighted by atomic mass is 9.96. The quantitative estimate of drug-likeness (QED) is 0.688. The minimum atomic E-state index is -0.318. The molecule has 3 heteroatoms. The van der Waals surface area contributed by atoms with Gasteiger partial charge in [-0.2, -0.15) is 0 Å². The van der Waals surface area contributed by atoms with Crippen LogP contribution in [-0.2, 0) is 0 Å². The van der Waals surface area contributed by atoms with Crippen LogP contribution in [0.25, 0.3) is 0 Å². The molecule has 1 aromatic carbocycles. The molecule has 13 heavy (non-hydrogen) atoms. The smallest absolute Gasteiger partial charge is 0.130 e. The van der Waals surface area contributed by atoms with E-state index < -0.39 is 0 Å². The minimum Gasteiger partial charge on any atom is -0.399 e. The Balaban J connectivity index is 3.01. The molecular weight excluding hydrogens is 167 g/mol. The van der Waals surface area contributed by atoms with E-state index in [1.165, 1.54) is 6.07 Å². The molecule has 0 heterocycles. The standard InChI is InChI=1S/C10H15FN2/c1-6(2)10(13)8-4-3-7(12)5-9(8)11/h3-6,10H,12-13H2,1-2H3/t10-/m1/s1. The SMILES string of the molecule is CC(C)[C@@H](N)c1ccc(N)cc1F. The molecule has 1 aromatic rings. The van der Waals surface area contributed by atoms with Gasteiger partial charge in [0.1, 0.15) is 5.82 Å². The molecule has 0 saturated heterocycles. The minimum absolute atomic E-state index is 0.220. The van der Waals surface area contributed by atoms with Crippen molar-refractivity contribution in [3.05, 3.63) is 29.6 Å². The first-order valence-electron chi connectivity index (χ1n) is 4.33. The molecule has 0 spiro atoms. The van der Waals surface area contributed by atoms with Crippen LogP contribution in [-0.4, -0.2) is 0 Å². The van der Waals surface area contributed by atoms with E-state index in [9.17, 15) is 4.39 Å². The van der Waals surface area contributed by atoms with Gasteiger partial charge in [-0.25, -0.2) is 4.39 Å². The zero-order valence-electron chi connectivity index (χ0n) is 7.92. The molecule has 4 N–H and O–H groups in total. The van der Waals surface area contributed by atoms with E-state index in [1.54, 1.807) is 12.1 Å². The maximum absolute atomic E-state index is 13.3. The Bertz CT molecular complexity index is 297. The second kappa shape index (κ2) is 3.75. The van der Waals surface area contributed by atoms with Crippen LogP contribution in [0.15, 0.2) is 18.2 Å². The molecule has 1 atom stereocenters. The predicted octanol–water partition coefficient (Wildman–Crippen LogP) is 2.06. The highest BCUT2D eigenvalue weighted by atomic mass is 19.1. The Labute approximate surface area is 77.7 Å². The topological polar surface area (TPSA) is 52.0 Å². The number of nitrogens with two attached hydrogens (primary N) is 2. The average Bonchev–Trinajstić information content (AvgIpc) is 2.03. The summed E-state index contributed by atoms with van der Waals surface area (Å²) in [5, 5.41) is 0. The summed E-state index contributed by atoms with van der Waals surface area (Å²) in [4.78, 5) is 0. The van der Waals surface area contributed by atoms with E-state index in [-0.39, 0.29) is 17.8 Å². The lowest BCUT2D eigenvalue weighted by Gasteiger charge is -2.16. The summed E-state index contributed by atoms with van der Waals surface area (Å²) < 4.78 is 13.3. The van der Waals surface area contributed by atoms with E-state index in [0.717, 1.165) is 0 Å². The first kappa shape index (κ1) is 9.99. The zero-order chi connectivity index (χ0) is 10.0.